The summed E-state index contributed by atoms with van der Waals surface area (Å²) in [6, 6.07) is 6.80. The summed E-state index contributed by atoms with van der Waals surface area (Å²) < 4.78 is 32.2. The van der Waals surface area contributed by atoms with Gasteiger partial charge in [-0.15, -0.1) is 0 Å². The van der Waals surface area contributed by atoms with Gasteiger partial charge in [-0.1, -0.05) is 12.1 Å². The molecule has 0 bridgehead atoms. The van der Waals surface area contributed by atoms with Gasteiger partial charge in [-0.05, 0) is 37.1 Å². The van der Waals surface area contributed by atoms with Crippen LogP contribution in [0, 0.1) is 11.6 Å². The van der Waals surface area contributed by atoms with Crippen LogP contribution in [0.3, 0.4) is 0 Å². The van der Waals surface area contributed by atoms with Gasteiger partial charge in [0, 0.05) is 19.5 Å². The van der Waals surface area contributed by atoms with Crippen molar-refractivity contribution < 1.29 is 13.5 Å². The van der Waals surface area contributed by atoms with E-state index < -0.39 is 5.82 Å². The number of likely N-dealkylation sites (tertiary alicyclic amines) is 1. The maximum atomic E-state index is 13.1. The molecule has 2 aliphatic heterocycles. The quantitative estimate of drug-likeness (QED) is 0.908. The molecule has 2 aliphatic rings. The number of anilines is 1. The van der Waals surface area contributed by atoms with Gasteiger partial charge < -0.3 is 10.1 Å². The predicted molar refractivity (Wildman–Crippen MR) is 93.6 cm³/mol. The fraction of sp³-hybridized carbons (Fsp3) is 0.474. The summed E-state index contributed by atoms with van der Waals surface area (Å²) >= 11 is 0. The number of piperidine rings is 1. The minimum Gasteiger partial charge on any atom is -0.371 e. The second-order valence-corrected chi connectivity index (χ2v) is 7.20. The van der Waals surface area contributed by atoms with Crippen molar-refractivity contribution in [1.29, 1.82) is 0 Å². The number of hydrogen-bond donors (Lipinski definition) is 1. The zero-order chi connectivity index (χ0) is 18.0. The van der Waals surface area contributed by atoms with E-state index in [1.54, 1.807) is 0 Å². The van der Waals surface area contributed by atoms with Gasteiger partial charge in [0.2, 0.25) is 5.95 Å². The van der Waals surface area contributed by atoms with Gasteiger partial charge in [-0.2, -0.15) is 0 Å². The van der Waals surface area contributed by atoms with Crippen LogP contribution in [0.4, 0.5) is 14.7 Å². The Hall–Kier alpha value is -2.12. The standard InChI is InChI=1S/C19H22F2N4O/c20-15-4-2-14(3-5-15)11-25-7-1-6-19(13-25)8-17(12-26-19)24-18-22-9-16(21)10-23-18/h2-5,9-10,17H,1,6-8,11-13H2,(H,22,23,24)/t17-,19-/m1/s1. The molecule has 1 aromatic carbocycles. The second-order valence-electron chi connectivity index (χ2n) is 7.20. The molecule has 1 spiro atoms. The summed E-state index contributed by atoms with van der Waals surface area (Å²) in [6.07, 6.45) is 5.28. The summed E-state index contributed by atoms with van der Waals surface area (Å²) in [6.45, 7) is 3.25. The molecular formula is C19H22F2N4O. The molecule has 7 heteroatoms. The molecule has 0 unspecified atom stereocenters. The normalized spacial score (nSPS) is 26.3. The lowest BCUT2D eigenvalue weighted by molar-refractivity contribution is -0.0533. The molecule has 2 aromatic rings. The van der Waals surface area contributed by atoms with E-state index in [0.717, 1.165) is 56.9 Å². The van der Waals surface area contributed by atoms with E-state index in [9.17, 15) is 8.78 Å². The summed E-state index contributed by atoms with van der Waals surface area (Å²) in [5, 5.41) is 3.24. The van der Waals surface area contributed by atoms with Crippen molar-refractivity contribution >= 4 is 5.95 Å². The Labute approximate surface area is 151 Å². The third-order valence-corrected chi connectivity index (χ3v) is 5.10. The average Bonchev–Trinajstić information content (AvgIpc) is 3.01. The lowest BCUT2D eigenvalue weighted by Crippen LogP contribution is -2.47. The van der Waals surface area contributed by atoms with Crippen LogP contribution in [0.1, 0.15) is 24.8 Å². The SMILES string of the molecule is Fc1ccc(CN2CCC[C@@]3(C[C@@H](Nc4ncc(F)cn4)CO3)C2)cc1. The molecule has 0 radical (unpaired) electrons. The maximum absolute atomic E-state index is 13.1. The van der Waals surface area contributed by atoms with Crippen molar-refractivity contribution in [1.82, 2.24) is 14.9 Å². The van der Waals surface area contributed by atoms with Crippen molar-refractivity contribution in [3.8, 4) is 0 Å². The number of nitrogens with one attached hydrogen (secondary N) is 1. The van der Waals surface area contributed by atoms with E-state index in [-0.39, 0.29) is 17.5 Å². The monoisotopic (exact) mass is 360 g/mol. The Morgan fingerprint density at radius 3 is 2.69 bits per heavy atom. The number of ether oxygens (including phenoxy) is 1. The number of nitrogens with zero attached hydrogens (tertiary/aromatic N) is 3. The molecule has 3 heterocycles. The summed E-state index contributed by atoms with van der Waals surface area (Å²) in [7, 11) is 0. The fourth-order valence-electron chi connectivity index (χ4n) is 3.96. The van der Waals surface area contributed by atoms with Crippen molar-refractivity contribution in [2.75, 3.05) is 25.0 Å². The Kier molecular flexibility index (Phi) is 4.82. The van der Waals surface area contributed by atoms with E-state index >= 15 is 0 Å². The first-order valence-electron chi connectivity index (χ1n) is 8.95. The number of aromatic nitrogens is 2. The molecule has 1 N–H and O–H groups in total. The number of hydrogen-bond acceptors (Lipinski definition) is 5. The molecule has 0 amide bonds. The van der Waals surface area contributed by atoms with Crippen molar-refractivity contribution in [2.24, 2.45) is 0 Å². The van der Waals surface area contributed by atoms with E-state index in [0.29, 0.717) is 12.6 Å². The number of rotatable bonds is 4. The van der Waals surface area contributed by atoms with Crippen LogP contribution in [0.5, 0.6) is 0 Å². The summed E-state index contributed by atoms with van der Waals surface area (Å²) in [5.74, 6) is -0.227. The molecule has 2 atom stereocenters. The fourth-order valence-corrected chi connectivity index (χ4v) is 3.96. The third kappa shape index (κ3) is 3.99. The average molecular weight is 360 g/mol. The maximum Gasteiger partial charge on any atom is 0.223 e. The van der Waals surface area contributed by atoms with Crippen LogP contribution in [-0.4, -0.2) is 46.2 Å². The number of benzene rings is 1. The smallest absolute Gasteiger partial charge is 0.223 e. The van der Waals surface area contributed by atoms with Crippen LogP contribution in [0.2, 0.25) is 0 Å². The van der Waals surface area contributed by atoms with Crippen molar-refractivity contribution in [3.05, 3.63) is 53.9 Å². The second kappa shape index (κ2) is 7.25. The van der Waals surface area contributed by atoms with Crippen LogP contribution >= 0.6 is 0 Å². The molecule has 4 rings (SSSR count). The summed E-state index contributed by atoms with van der Waals surface area (Å²) in [4.78, 5) is 10.3. The van der Waals surface area contributed by atoms with Crippen LogP contribution in [0.15, 0.2) is 36.7 Å². The first-order valence-corrected chi connectivity index (χ1v) is 8.95. The van der Waals surface area contributed by atoms with E-state index in [1.165, 1.54) is 12.1 Å². The largest absolute Gasteiger partial charge is 0.371 e. The lowest BCUT2D eigenvalue weighted by atomic mass is 9.88. The molecule has 138 valence electrons. The Morgan fingerprint density at radius 1 is 1.15 bits per heavy atom. The summed E-state index contributed by atoms with van der Waals surface area (Å²) in [5.41, 5.74) is 0.937. The van der Waals surface area contributed by atoms with E-state index in [1.807, 2.05) is 12.1 Å². The van der Waals surface area contributed by atoms with E-state index in [2.05, 4.69) is 20.2 Å². The minimum absolute atomic E-state index is 0.117. The van der Waals surface area contributed by atoms with Gasteiger partial charge in [0.25, 0.3) is 0 Å². The number of halogens is 2. The zero-order valence-corrected chi connectivity index (χ0v) is 14.5. The molecule has 5 nitrogen and oxygen atoms in total. The zero-order valence-electron chi connectivity index (χ0n) is 14.5. The highest BCUT2D eigenvalue weighted by molar-refractivity contribution is 5.26. The van der Waals surface area contributed by atoms with Gasteiger partial charge in [0.05, 0.1) is 30.6 Å². The van der Waals surface area contributed by atoms with Gasteiger partial charge in [0.15, 0.2) is 5.82 Å². The van der Waals surface area contributed by atoms with E-state index in [4.69, 9.17) is 4.74 Å². The van der Waals surface area contributed by atoms with Crippen molar-refractivity contribution in [2.45, 2.75) is 37.5 Å². The van der Waals surface area contributed by atoms with Gasteiger partial charge in [0.1, 0.15) is 5.82 Å². The highest BCUT2D eigenvalue weighted by Crippen LogP contribution is 2.36. The molecule has 1 aromatic heterocycles. The van der Waals surface area contributed by atoms with Gasteiger partial charge in [-0.25, -0.2) is 18.7 Å². The highest BCUT2D eigenvalue weighted by atomic mass is 19.1. The molecule has 0 saturated carbocycles. The Balaban J connectivity index is 1.36. The van der Waals surface area contributed by atoms with Crippen LogP contribution < -0.4 is 5.32 Å². The van der Waals surface area contributed by atoms with Gasteiger partial charge >= 0.3 is 0 Å². The van der Waals surface area contributed by atoms with Gasteiger partial charge in [-0.3, -0.25) is 4.90 Å². The molecule has 26 heavy (non-hydrogen) atoms. The molecule has 0 aliphatic carbocycles. The van der Waals surface area contributed by atoms with Crippen LogP contribution in [0.25, 0.3) is 0 Å². The third-order valence-electron chi connectivity index (χ3n) is 5.10. The topological polar surface area (TPSA) is 50.3 Å². The Bertz CT molecular complexity index is 740. The predicted octanol–water partition coefficient (Wildman–Crippen LogP) is 2.99. The first kappa shape index (κ1) is 17.3. The first-order chi connectivity index (χ1) is 12.6. The Morgan fingerprint density at radius 2 is 1.92 bits per heavy atom. The molecule has 2 fully saturated rings. The molecule has 2 saturated heterocycles. The molecular weight excluding hydrogens is 338 g/mol. The van der Waals surface area contributed by atoms with Crippen molar-refractivity contribution in [3.63, 3.8) is 0 Å². The minimum atomic E-state index is -0.446. The van der Waals surface area contributed by atoms with Crippen LogP contribution in [-0.2, 0) is 11.3 Å². The lowest BCUT2D eigenvalue weighted by Gasteiger charge is -2.39. The highest BCUT2D eigenvalue weighted by Gasteiger charge is 2.43.